The molecule has 4 rings (SSSR count). The lowest BCUT2D eigenvalue weighted by Gasteiger charge is -2.15. The van der Waals surface area contributed by atoms with Crippen molar-refractivity contribution in [2.75, 3.05) is 0 Å². The van der Waals surface area contributed by atoms with E-state index in [9.17, 15) is 4.79 Å². The maximum absolute atomic E-state index is 11.8. The van der Waals surface area contributed by atoms with Gasteiger partial charge in [0, 0.05) is 12.3 Å². The first-order valence-corrected chi connectivity index (χ1v) is 7.31. The molecule has 3 heterocycles. The van der Waals surface area contributed by atoms with E-state index in [-0.39, 0.29) is 0 Å². The Morgan fingerprint density at radius 1 is 1.29 bits per heavy atom. The first kappa shape index (κ1) is 10.2. The van der Waals surface area contributed by atoms with Gasteiger partial charge in [-0.15, -0.1) is 11.3 Å². The molecule has 0 aromatic carbocycles. The van der Waals surface area contributed by atoms with E-state index < -0.39 is 0 Å². The Morgan fingerprint density at radius 3 is 2.94 bits per heavy atom. The van der Waals surface area contributed by atoms with Crippen LogP contribution in [0.25, 0.3) is 0 Å². The van der Waals surface area contributed by atoms with E-state index in [0.717, 1.165) is 34.8 Å². The molecule has 90 valence electrons. The number of fused-ring (bicyclic) bond motifs is 3. The zero-order chi connectivity index (χ0) is 11.4. The van der Waals surface area contributed by atoms with Gasteiger partial charge in [0.2, 0.25) is 0 Å². The number of ether oxygens (including phenoxy) is 1. The van der Waals surface area contributed by atoms with E-state index >= 15 is 0 Å². The fourth-order valence-corrected chi connectivity index (χ4v) is 4.59. The normalized spacial score (nSPS) is 35.3. The highest BCUT2D eigenvalue weighted by atomic mass is 32.1. The number of hydrogen-bond acceptors (Lipinski definition) is 4. The average Bonchev–Trinajstić information content (AvgIpc) is 3.03. The van der Waals surface area contributed by atoms with E-state index in [4.69, 9.17) is 9.72 Å². The second-order valence-corrected chi connectivity index (χ2v) is 6.35. The fourth-order valence-electron chi connectivity index (χ4n) is 3.34. The molecule has 1 aromatic rings. The monoisotopic (exact) mass is 249 g/mol. The van der Waals surface area contributed by atoms with Gasteiger partial charge in [0.05, 0.1) is 27.8 Å². The molecule has 1 aromatic heterocycles. The van der Waals surface area contributed by atoms with E-state index in [1.54, 1.807) is 11.3 Å². The average molecular weight is 249 g/mol. The highest BCUT2D eigenvalue weighted by Gasteiger charge is 2.43. The van der Waals surface area contributed by atoms with Crippen LogP contribution >= 0.6 is 11.3 Å². The third-order valence-corrected chi connectivity index (χ3v) is 5.48. The van der Waals surface area contributed by atoms with Crippen molar-refractivity contribution in [1.82, 2.24) is 4.98 Å². The standard InChI is InChI=1S/C13H15NO2S/c15-10-3-1-2-9-12(10)17-13(14-9)8-6-7-4-5-11(8)16-7/h7-8,11H,1-6H2. The SMILES string of the molecule is O=C1CCCc2nc(C3CC4CCC3O4)sc21. The Morgan fingerprint density at radius 2 is 2.24 bits per heavy atom. The molecule has 3 unspecified atom stereocenters. The first-order valence-electron chi connectivity index (χ1n) is 6.49. The molecule has 0 N–H and O–H groups in total. The van der Waals surface area contributed by atoms with E-state index in [0.29, 0.717) is 30.3 Å². The number of carbonyl (C=O) groups is 1. The first-order chi connectivity index (χ1) is 8.31. The zero-order valence-corrected chi connectivity index (χ0v) is 10.5. The molecule has 4 heteroatoms. The van der Waals surface area contributed by atoms with Gasteiger partial charge in [-0.3, -0.25) is 4.79 Å². The summed E-state index contributed by atoms with van der Waals surface area (Å²) in [6, 6.07) is 0. The number of ketones is 1. The van der Waals surface area contributed by atoms with Gasteiger partial charge >= 0.3 is 0 Å². The third kappa shape index (κ3) is 1.50. The minimum atomic E-state index is 0.305. The predicted molar refractivity (Wildman–Crippen MR) is 64.6 cm³/mol. The Kier molecular flexibility index (Phi) is 2.18. The molecule has 2 fully saturated rings. The van der Waals surface area contributed by atoms with Gasteiger partial charge < -0.3 is 4.74 Å². The van der Waals surface area contributed by atoms with Crippen LogP contribution < -0.4 is 0 Å². The highest BCUT2D eigenvalue weighted by molar-refractivity contribution is 7.14. The van der Waals surface area contributed by atoms with Crippen molar-refractivity contribution in [3.8, 4) is 0 Å². The van der Waals surface area contributed by atoms with Crippen molar-refractivity contribution in [2.24, 2.45) is 0 Å². The Hall–Kier alpha value is -0.740. The predicted octanol–water partition coefficient (Wildman–Crippen LogP) is 2.70. The van der Waals surface area contributed by atoms with E-state index in [1.807, 2.05) is 0 Å². The third-order valence-electron chi connectivity index (χ3n) is 4.21. The summed E-state index contributed by atoms with van der Waals surface area (Å²) in [5.41, 5.74) is 1.06. The summed E-state index contributed by atoms with van der Waals surface area (Å²) in [6.45, 7) is 0. The van der Waals surface area contributed by atoms with Crippen LogP contribution in [0.1, 0.15) is 58.4 Å². The minimum Gasteiger partial charge on any atom is -0.374 e. The van der Waals surface area contributed by atoms with Crippen LogP contribution in [-0.4, -0.2) is 23.0 Å². The molecule has 3 nitrogen and oxygen atoms in total. The van der Waals surface area contributed by atoms with Crippen molar-refractivity contribution in [2.45, 2.75) is 56.7 Å². The Labute approximate surface area is 104 Å². The number of nitrogens with zero attached hydrogens (tertiary/aromatic N) is 1. The van der Waals surface area contributed by atoms with Crippen molar-refractivity contribution < 1.29 is 9.53 Å². The van der Waals surface area contributed by atoms with Gasteiger partial charge in [0.25, 0.3) is 0 Å². The lowest BCUT2D eigenvalue weighted by atomic mass is 9.90. The number of aryl methyl sites for hydroxylation is 1. The summed E-state index contributed by atoms with van der Waals surface area (Å²) in [7, 11) is 0. The minimum absolute atomic E-state index is 0.305. The molecule has 0 radical (unpaired) electrons. The second-order valence-electron chi connectivity index (χ2n) is 5.32. The lowest BCUT2D eigenvalue weighted by molar-refractivity contribution is 0.0976. The maximum Gasteiger partial charge on any atom is 0.174 e. The van der Waals surface area contributed by atoms with Crippen molar-refractivity contribution in [3.05, 3.63) is 15.6 Å². The fraction of sp³-hybridized carbons (Fsp3) is 0.692. The van der Waals surface area contributed by atoms with Crippen molar-refractivity contribution in [3.63, 3.8) is 0 Å². The number of hydrogen-bond donors (Lipinski definition) is 0. The number of aromatic nitrogens is 1. The molecular weight excluding hydrogens is 234 g/mol. The molecule has 0 spiro atoms. The zero-order valence-electron chi connectivity index (χ0n) is 9.65. The molecule has 3 aliphatic rings. The van der Waals surface area contributed by atoms with Crippen LogP contribution in [0.15, 0.2) is 0 Å². The number of thiazole rings is 1. The van der Waals surface area contributed by atoms with Crippen molar-refractivity contribution in [1.29, 1.82) is 0 Å². The molecule has 17 heavy (non-hydrogen) atoms. The van der Waals surface area contributed by atoms with Crippen LogP contribution in [-0.2, 0) is 11.2 Å². The largest absolute Gasteiger partial charge is 0.374 e. The summed E-state index contributed by atoms with van der Waals surface area (Å²) in [6.07, 6.45) is 7.01. The second kappa shape index (κ2) is 3.62. The van der Waals surface area contributed by atoms with Gasteiger partial charge in [-0.1, -0.05) is 0 Å². The number of Topliss-reactive ketones (excluding diaryl/α,β-unsaturated/α-hetero) is 1. The van der Waals surface area contributed by atoms with Gasteiger partial charge in [-0.25, -0.2) is 4.98 Å². The van der Waals surface area contributed by atoms with Crippen molar-refractivity contribution >= 4 is 17.1 Å². The summed E-state index contributed by atoms with van der Waals surface area (Å²) in [4.78, 5) is 17.5. The van der Waals surface area contributed by atoms with Gasteiger partial charge in [-0.05, 0) is 32.1 Å². The Bertz CT molecular complexity index is 482. The molecule has 2 bridgehead atoms. The molecule has 0 saturated carbocycles. The van der Waals surface area contributed by atoms with Crippen LogP contribution in [0.4, 0.5) is 0 Å². The molecule has 1 aliphatic carbocycles. The smallest absolute Gasteiger partial charge is 0.174 e. The van der Waals surface area contributed by atoms with Gasteiger partial charge in [0.15, 0.2) is 5.78 Å². The molecular formula is C13H15NO2S. The lowest BCUT2D eigenvalue weighted by Crippen LogP contribution is -2.14. The topological polar surface area (TPSA) is 39.2 Å². The van der Waals surface area contributed by atoms with Gasteiger partial charge in [-0.2, -0.15) is 0 Å². The maximum atomic E-state index is 11.8. The number of rotatable bonds is 1. The molecule has 2 aliphatic heterocycles. The van der Waals surface area contributed by atoms with Crippen LogP contribution in [0.5, 0.6) is 0 Å². The summed E-state index contributed by atoms with van der Waals surface area (Å²) >= 11 is 1.64. The summed E-state index contributed by atoms with van der Waals surface area (Å²) < 4.78 is 5.88. The van der Waals surface area contributed by atoms with Crippen LogP contribution in [0.2, 0.25) is 0 Å². The molecule has 0 amide bonds. The Balaban J connectivity index is 1.69. The van der Waals surface area contributed by atoms with Gasteiger partial charge in [0.1, 0.15) is 0 Å². The molecule has 2 saturated heterocycles. The van der Waals surface area contributed by atoms with Crippen LogP contribution in [0.3, 0.4) is 0 Å². The quantitative estimate of drug-likeness (QED) is 0.768. The van der Waals surface area contributed by atoms with Crippen LogP contribution in [0, 0.1) is 0 Å². The highest BCUT2D eigenvalue weighted by Crippen LogP contribution is 2.46. The van der Waals surface area contributed by atoms with E-state index in [2.05, 4.69) is 0 Å². The summed E-state index contributed by atoms with van der Waals surface area (Å²) in [5.74, 6) is 0.774. The molecule has 3 atom stereocenters. The van der Waals surface area contributed by atoms with E-state index in [1.165, 1.54) is 12.8 Å². The number of carbonyl (C=O) groups excluding carboxylic acids is 1. The summed E-state index contributed by atoms with van der Waals surface area (Å²) in [5, 5.41) is 1.16.